The maximum absolute atomic E-state index is 11.3. The molecule has 3 nitrogen and oxygen atoms in total. The molecule has 3 heteroatoms. The zero-order valence-corrected chi connectivity index (χ0v) is 18.8. The van der Waals surface area contributed by atoms with E-state index in [1.807, 2.05) is 0 Å². The molecule has 3 N–H and O–H groups in total. The lowest BCUT2D eigenvalue weighted by molar-refractivity contribution is -0.170. The van der Waals surface area contributed by atoms with Crippen molar-refractivity contribution in [3.05, 3.63) is 0 Å². The topological polar surface area (TPSA) is 60.7 Å². The van der Waals surface area contributed by atoms with Gasteiger partial charge in [-0.25, -0.2) is 0 Å². The average Bonchev–Trinajstić information content (AvgIpc) is 2.61. The van der Waals surface area contributed by atoms with Gasteiger partial charge in [0, 0.05) is 0 Å². The summed E-state index contributed by atoms with van der Waals surface area (Å²) >= 11 is 0. The molecule has 164 valence electrons. The first-order chi connectivity index (χ1) is 13.3. The van der Waals surface area contributed by atoms with E-state index < -0.39 is 0 Å². The Morgan fingerprint density at radius 3 is 1.18 bits per heavy atom. The Morgan fingerprint density at radius 2 is 0.929 bits per heavy atom. The van der Waals surface area contributed by atoms with Crippen LogP contribution in [0.2, 0.25) is 0 Å². The molecule has 9 atom stereocenters. The van der Waals surface area contributed by atoms with Gasteiger partial charge in [0.25, 0.3) is 0 Å². The van der Waals surface area contributed by atoms with Gasteiger partial charge in [0.2, 0.25) is 0 Å². The van der Waals surface area contributed by atoms with E-state index in [1.54, 1.807) is 0 Å². The van der Waals surface area contributed by atoms with Crippen molar-refractivity contribution in [2.24, 2.45) is 40.9 Å². The SMILES string of the molecule is CCCC(C1CCC(C)CC1O)(C1CCC(C)CC1O)C1CCC(C)CC1O. The number of aliphatic hydroxyl groups is 3. The van der Waals surface area contributed by atoms with E-state index in [1.165, 1.54) is 19.3 Å². The van der Waals surface area contributed by atoms with Crippen molar-refractivity contribution in [2.75, 3.05) is 0 Å². The van der Waals surface area contributed by atoms with E-state index in [0.717, 1.165) is 51.4 Å². The molecule has 3 aliphatic carbocycles. The van der Waals surface area contributed by atoms with Crippen LogP contribution >= 0.6 is 0 Å². The number of hydrogen-bond donors (Lipinski definition) is 3. The van der Waals surface area contributed by atoms with Crippen LogP contribution in [0.25, 0.3) is 0 Å². The van der Waals surface area contributed by atoms with Crippen molar-refractivity contribution in [3.8, 4) is 0 Å². The van der Waals surface area contributed by atoms with Crippen LogP contribution in [0.1, 0.15) is 98.3 Å². The van der Waals surface area contributed by atoms with Gasteiger partial charge in [-0.2, -0.15) is 0 Å². The number of aliphatic hydroxyl groups excluding tert-OH is 3. The Bertz CT molecular complexity index is 428. The molecule has 9 unspecified atom stereocenters. The van der Waals surface area contributed by atoms with E-state index in [9.17, 15) is 15.3 Å². The molecule has 3 rings (SSSR count). The Hall–Kier alpha value is -0.120. The van der Waals surface area contributed by atoms with Gasteiger partial charge in [-0.1, -0.05) is 53.4 Å². The van der Waals surface area contributed by atoms with Gasteiger partial charge >= 0.3 is 0 Å². The fourth-order valence-electron chi connectivity index (χ4n) is 7.75. The van der Waals surface area contributed by atoms with Crippen LogP contribution < -0.4 is 0 Å². The van der Waals surface area contributed by atoms with Gasteiger partial charge in [-0.15, -0.1) is 0 Å². The second kappa shape index (κ2) is 9.35. The third kappa shape index (κ3) is 4.32. The summed E-state index contributed by atoms with van der Waals surface area (Å²) in [6.45, 7) is 9.03. The lowest BCUT2D eigenvalue weighted by Crippen LogP contribution is -2.58. The fraction of sp³-hybridized carbons (Fsp3) is 1.00. The summed E-state index contributed by atoms with van der Waals surface area (Å²) in [7, 11) is 0. The molecule has 0 saturated heterocycles. The highest BCUT2D eigenvalue weighted by Gasteiger charge is 2.57. The highest BCUT2D eigenvalue weighted by molar-refractivity contribution is 5.06. The van der Waals surface area contributed by atoms with Crippen molar-refractivity contribution in [1.29, 1.82) is 0 Å². The highest BCUT2D eigenvalue weighted by atomic mass is 16.3. The van der Waals surface area contributed by atoms with Crippen molar-refractivity contribution >= 4 is 0 Å². The van der Waals surface area contributed by atoms with Gasteiger partial charge in [-0.3, -0.25) is 0 Å². The predicted molar refractivity (Wildman–Crippen MR) is 115 cm³/mol. The van der Waals surface area contributed by atoms with Crippen LogP contribution in [-0.4, -0.2) is 33.6 Å². The van der Waals surface area contributed by atoms with Crippen LogP contribution in [0, 0.1) is 40.9 Å². The number of hydrogen-bond acceptors (Lipinski definition) is 3. The Kier molecular flexibility index (Phi) is 7.53. The zero-order valence-electron chi connectivity index (χ0n) is 18.8. The summed E-state index contributed by atoms with van der Waals surface area (Å²) in [5, 5.41) is 33.8. The first kappa shape index (κ1) is 22.6. The summed E-state index contributed by atoms with van der Waals surface area (Å²) in [5.74, 6) is 2.42. The molecular weight excluding hydrogens is 348 g/mol. The standard InChI is InChI=1S/C25H46O3/c1-5-12-25(19-9-6-16(2)13-22(19)26,20-10-7-17(3)14-23(20)27)21-11-8-18(4)15-24(21)28/h16-24,26-28H,5-15H2,1-4H3. The lowest BCUT2D eigenvalue weighted by atomic mass is 9.47. The first-order valence-electron chi connectivity index (χ1n) is 12.3. The Morgan fingerprint density at radius 1 is 0.607 bits per heavy atom. The zero-order chi connectivity index (χ0) is 20.5. The van der Waals surface area contributed by atoms with E-state index in [-0.39, 0.29) is 41.5 Å². The van der Waals surface area contributed by atoms with E-state index in [2.05, 4.69) is 27.7 Å². The van der Waals surface area contributed by atoms with E-state index >= 15 is 0 Å². The van der Waals surface area contributed by atoms with E-state index in [4.69, 9.17) is 0 Å². The summed E-state index contributed by atoms with van der Waals surface area (Å²) < 4.78 is 0. The van der Waals surface area contributed by atoms with Crippen LogP contribution in [0.3, 0.4) is 0 Å². The Labute approximate surface area is 173 Å². The molecule has 3 fully saturated rings. The molecule has 0 aromatic carbocycles. The van der Waals surface area contributed by atoms with Crippen molar-refractivity contribution in [2.45, 2.75) is 117 Å². The van der Waals surface area contributed by atoms with Crippen LogP contribution in [0.15, 0.2) is 0 Å². The van der Waals surface area contributed by atoms with Gasteiger partial charge in [0.05, 0.1) is 18.3 Å². The highest BCUT2D eigenvalue weighted by Crippen LogP contribution is 2.60. The maximum Gasteiger partial charge on any atom is 0.0576 e. The molecule has 0 aromatic heterocycles. The summed E-state index contributed by atoms with van der Waals surface area (Å²) in [4.78, 5) is 0. The van der Waals surface area contributed by atoms with Gasteiger partial charge in [-0.05, 0) is 85.9 Å². The van der Waals surface area contributed by atoms with Crippen LogP contribution in [-0.2, 0) is 0 Å². The molecule has 3 saturated carbocycles. The monoisotopic (exact) mass is 394 g/mol. The number of rotatable bonds is 5. The first-order valence-corrected chi connectivity index (χ1v) is 12.3. The molecule has 0 heterocycles. The predicted octanol–water partition coefficient (Wildman–Crippen LogP) is 5.16. The maximum atomic E-state index is 11.3. The molecule has 0 aromatic rings. The average molecular weight is 395 g/mol. The second-order valence-corrected chi connectivity index (χ2v) is 11.1. The minimum atomic E-state index is -0.284. The van der Waals surface area contributed by atoms with Gasteiger partial charge in [0.15, 0.2) is 0 Å². The molecule has 0 spiro atoms. The minimum Gasteiger partial charge on any atom is -0.393 e. The third-order valence-electron chi connectivity index (χ3n) is 8.99. The van der Waals surface area contributed by atoms with Crippen LogP contribution in [0.4, 0.5) is 0 Å². The van der Waals surface area contributed by atoms with Crippen LogP contribution in [0.5, 0.6) is 0 Å². The summed E-state index contributed by atoms with van der Waals surface area (Å²) in [6, 6.07) is 0. The van der Waals surface area contributed by atoms with Crippen molar-refractivity contribution in [3.63, 3.8) is 0 Å². The summed E-state index contributed by atoms with van der Waals surface area (Å²) in [6.07, 6.45) is 10.6. The lowest BCUT2D eigenvalue weighted by Gasteiger charge is -2.59. The fourth-order valence-corrected chi connectivity index (χ4v) is 7.75. The van der Waals surface area contributed by atoms with Gasteiger partial charge < -0.3 is 15.3 Å². The largest absolute Gasteiger partial charge is 0.393 e. The quantitative estimate of drug-likeness (QED) is 0.603. The second-order valence-electron chi connectivity index (χ2n) is 11.1. The molecule has 0 amide bonds. The molecule has 28 heavy (non-hydrogen) atoms. The molecule has 0 radical (unpaired) electrons. The smallest absolute Gasteiger partial charge is 0.0576 e. The minimum absolute atomic E-state index is 0.118. The molecule has 3 aliphatic rings. The third-order valence-corrected chi connectivity index (χ3v) is 8.99. The van der Waals surface area contributed by atoms with Crippen molar-refractivity contribution < 1.29 is 15.3 Å². The summed E-state index contributed by atoms with van der Waals surface area (Å²) in [5.41, 5.74) is -0.118. The molecular formula is C25H46O3. The normalized spacial score (nSPS) is 47.5. The van der Waals surface area contributed by atoms with Crippen molar-refractivity contribution in [1.82, 2.24) is 0 Å². The Balaban J connectivity index is 2.02. The molecule has 0 bridgehead atoms. The van der Waals surface area contributed by atoms with E-state index in [0.29, 0.717) is 17.8 Å². The van der Waals surface area contributed by atoms with Gasteiger partial charge in [0.1, 0.15) is 0 Å². The molecule has 0 aliphatic heterocycles.